The molecule has 164 valence electrons. The molecule has 31 heavy (non-hydrogen) atoms. The van der Waals surface area contributed by atoms with Crippen molar-refractivity contribution in [3.8, 4) is 0 Å². The van der Waals surface area contributed by atoms with Crippen LogP contribution < -0.4 is 10.6 Å². The van der Waals surface area contributed by atoms with Crippen molar-refractivity contribution in [3.05, 3.63) is 53.0 Å². The lowest BCUT2D eigenvalue weighted by Gasteiger charge is -2.22. The van der Waals surface area contributed by atoms with Gasteiger partial charge in [0.15, 0.2) is 16.1 Å². The second kappa shape index (κ2) is 10.5. The number of hydrogen-bond donors (Lipinski definition) is 2. The number of carbonyl (C=O) groups excluding carboxylic acids is 2. The quantitative estimate of drug-likeness (QED) is 0.470. The summed E-state index contributed by atoms with van der Waals surface area (Å²) in [6, 6.07) is 5.36. The van der Waals surface area contributed by atoms with Crippen LogP contribution in [-0.2, 0) is 11.3 Å². The Balaban J connectivity index is 1.73. The smallest absolute Gasteiger partial charge is 0.254 e. The number of aromatic nitrogens is 4. The Morgan fingerprint density at radius 2 is 2.03 bits per heavy atom. The maximum Gasteiger partial charge on any atom is 0.254 e. The maximum atomic E-state index is 14.0. The minimum absolute atomic E-state index is 0.0173. The summed E-state index contributed by atoms with van der Waals surface area (Å²) in [5.74, 6) is -0.603. The minimum Gasteiger partial charge on any atom is -0.342 e. The number of halogens is 1. The van der Waals surface area contributed by atoms with E-state index in [0.29, 0.717) is 22.7 Å². The third-order valence-corrected chi connectivity index (χ3v) is 6.08. The standard InChI is InChI=1S/C20H23FN6O2S2/c1-4-27-17(16(12(2)3)24-18(29)13-7-5-6-8-14(13)21)25-26-20(27)31-11-15(28)23-19-22-9-10-30-19/h5-10,12,16H,4,11H2,1-3H3,(H,24,29)(H,22,23,28). The van der Waals surface area contributed by atoms with Gasteiger partial charge in [0.2, 0.25) is 5.91 Å². The number of anilines is 1. The molecular weight excluding hydrogens is 439 g/mol. The Labute approximate surface area is 187 Å². The van der Waals surface area contributed by atoms with E-state index in [9.17, 15) is 14.0 Å². The topological polar surface area (TPSA) is 102 Å². The van der Waals surface area contributed by atoms with Gasteiger partial charge in [0, 0.05) is 18.1 Å². The van der Waals surface area contributed by atoms with E-state index in [-0.39, 0.29) is 23.1 Å². The number of benzene rings is 1. The van der Waals surface area contributed by atoms with Crippen molar-refractivity contribution in [3.63, 3.8) is 0 Å². The first-order chi connectivity index (χ1) is 14.9. The molecule has 0 saturated heterocycles. The second-order valence-electron chi connectivity index (χ2n) is 6.93. The molecule has 1 unspecified atom stereocenters. The van der Waals surface area contributed by atoms with Gasteiger partial charge >= 0.3 is 0 Å². The van der Waals surface area contributed by atoms with Gasteiger partial charge in [-0.2, -0.15) is 0 Å². The summed E-state index contributed by atoms with van der Waals surface area (Å²) in [4.78, 5) is 28.8. The molecular formula is C20H23FN6O2S2. The van der Waals surface area contributed by atoms with Crippen molar-refractivity contribution in [1.29, 1.82) is 0 Å². The predicted octanol–water partition coefficient (Wildman–Crippen LogP) is 3.75. The van der Waals surface area contributed by atoms with E-state index < -0.39 is 17.8 Å². The number of hydrogen-bond acceptors (Lipinski definition) is 7. The molecule has 0 aliphatic rings. The van der Waals surface area contributed by atoms with Crippen molar-refractivity contribution >= 4 is 40.0 Å². The zero-order chi connectivity index (χ0) is 22.4. The first kappa shape index (κ1) is 22.9. The van der Waals surface area contributed by atoms with Crippen LogP contribution >= 0.6 is 23.1 Å². The van der Waals surface area contributed by atoms with E-state index >= 15 is 0 Å². The Kier molecular flexibility index (Phi) is 7.75. The lowest BCUT2D eigenvalue weighted by Crippen LogP contribution is -2.34. The van der Waals surface area contributed by atoms with Crippen LogP contribution in [-0.4, -0.2) is 37.3 Å². The van der Waals surface area contributed by atoms with Crippen LogP contribution in [0.5, 0.6) is 0 Å². The molecule has 2 aromatic heterocycles. The highest BCUT2D eigenvalue weighted by molar-refractivity contribution is 7.99. The van der Waals surface area contributed by atoms with Gasteiger partial charge in [0.05, 0.1) is 17.4 Å². The molecule has 2 N–H and O–H groups in total. The van der Waals surface area contributed by atoms with E-state index in [1.54, 1.807) is 17.6 Å². The van der Waals surface area contributed by atoms with Gasteiger partial charge in [-0.05, 0) is 25.0 Å². The lowest BCUT2D eigenvalue weighted by atomic mass is 10.0. The number of amides is 2. The summed E-state index contributed by atoms with van der Waals surface area (Å²) in [7, 11) is 0. The van der Waals surface area contributed by atoms with Gasteiger partial charge in [-0.25, -0.2) is 9.37 Å². The molecule has 0 aliphatic carbocycles. The average molecular weight is 463 g/mol. The fourth-order valence-electron chi connectivity index (χ4n) is 2.90. The summed E-state index contributed by atoms with van der Waals surface area (Å²) in [5.41, 5.74) is -0.0239. The van der Waals surface area contributed by atoms with Crippen LogP contribution in [0.2, 0.25) is 0 Å². The van der Waals surface area contributed by atoms with E-state index in [1.165, 1.54) is 41.3 Å². The third kappa shape index (κ3) is 5.67. The maximum absolute atomic E-state index is 14.0. The highest BCUT2D eigenvalue weighted by atomic mass is 32.2. The number of nitrogens with one attached hydrogen (secondary N) is 2. The van der Waals surface area contributed by atoms with Crippen LogP contribution in [0.25, 0.3) is 0 Å². The molecule has 1 atom stereocenters. The van der Waals surface area contributed by atoms with Gasteiger partial charge in [-0.15, -0.1) is 21.5 Å². The molecule has 8 nitrogen and oxygen atoms in total. The molecule has 2 heterocycles. The van der Waals surface area contributed by atoms with Gasteiger partial charge in [0.25, 0.3) is 5.91 Å². The van der Waals surface area contributed by atoms with Crippen LogP contribution in [0, 0.1) is 11.7 Å². The zero-order valence-corrected chi connectivity index (χ0v) is 19.0. The molecule has 0 saturated carbocycles. The SMILES string of the molecule is CCn1c(SCC(=O)Nc2nccs2)nnc1C(NC(=O)c1ccccc1F)C(C)C. The molecule has 0 spiro atoms. The van der Waals surface area contributed by atoms with Crippen molar-refractivity contribution in [2.75, 3.05) is 11.1 Å². The number of thiazole rings is 1. The average Bonchev–Trinajstić information content (AvgIpc) is 3.39. The van der Waals surface area contributed by atoms with Crippen molar-refractivity contribution in [2.24, 2.45) is 5.92 Å². The summed E-state index contributed by atoms with van der Waals surface area (Å²) < 4.78 is 15.9. The molecule has 3 aromatic rings. The van der Waals surface area contributed by atoms with Gasteiger partial charge in [-0.1, -0.05) is 37.7 Å². The molecule has 3 rings (SSSR count). The van der Waals surface area contributed by atoms with Crippen molar-refractivity contribution < 1.29 is 14.0 Å². The Bertz CT molecular complexity index is 1040. The molecule has 1 aromatic carbocycles. The van der Waals surface area contributed by atoms with Crippen LogP contribution in [0.4, 0.5) is 9.52 Å². The molecule has 2 amide bonds. The van der Waals surface area contributed by atoms with Crippen molar-refractivity contribution in [1.82, 2.24) is 25.1 Å². The number of thioether (sulfide) groups is 1. The molecule has 0 fully saturated rings. The molecule has 0 aliphatic heterocycles. The summed E-state index contributed by atoms with van der Waals surface area (Å²) in [5, 5.41) is 17.0. The Morgan fingerprint density at radius 1 is 1.26 bits per heavy atom. The largest absolute Gasteiger partial charge is 0.342 e. The third-order valence-electron chi connectivity index (χ3n) is 4.42. The second-order valence-corrected chi connectivity index (χ2v) is 8.77. The zero-order valence-electron chi connectivity index (χ0n) is 17.3. The summed E-state index contributed by atoms with van der Waals surface area (Å²) in [6.45, 7) is 6.37. The first-order valence-corrected chi connectivity index (χ1v) is 11.6. The van der Waals surface area contributed by atoms with E-state index in [2.05, 4.69) is 25.8 Å². The van der Waals surface area contributed by atoms with E-state index in [1.807, 2.05) is 25.3 Å². The highest BCUT2D eigenvalue weighted by Crippen LogP contribution is 2.26. The fraction of sp³-hybridized carbons (Fsp3) is 0.350. The fourth-order valence-corrected chi connectivity index (χ4v) is 4.25. The monoisotopic (exact) mass is 462 g/mol. The van der Waals surface area contributed by atoms with E-state index in [0.717, 1.165) is 0 Å². The van der Waals surface area contributed by atoms with Crippen LogP contribution in [0.1, 0.15) is 43.0 Å². The summed E-state index contributed by atoms with van der Waals surface area (Å²) in [6.07, 6.45) is 1.62. The summed E-state index contributed by atoms with van der Waals surface area (Å²) >= 11 is 2.59. The normalized spacial score (nSPS) is 12.0. The molecule has 0 bridgehead atoms. The van der Waals surface area contributed by atoms with Crippen LogP contribution in [0.3, 0.4) is 0 Å². The molecule has 11 heteroatoms. The van der Waals surface area contributed by atoms with Gasteiger partial charge in [-0.3, -0.25) is 9.59 Å². The van der Waals surface area contributed by atoms with E-state index in [4.69, 9.17) is 0 Å². The number of carbonyl (C=O) groups is 2. The minimum atomic E-state index is -0.582. The number of nitrogens with zero attached hydrogens (tertiary/aromatic N) is 4. The predicted molar refractivity (Wildman–Crippen MR) is 119 cm³/mol. The van der Waals surface area contributed by atoms with Crippen LogP contribution in [0.15, 0.2) is 41.0 Å². The highest BCUT2D eigenvalue weighted by Gasteiger charge is 2.27. The number of rotatable bonds is 9. The molecule has 0 radical (unpaired) electrons. The lowest BCUT2D eigenvalue weighted by molar-refractivity contribution is -0.113. The first-order valence-electron chi connectivity index (χ1n) is 9.71. The van der Waals surface area contributed by atoms with Crippen molar-refractivity contribution in [2.45, 2.75) is 38.5 Å². The Morgan fingerprint density at radius 3 is 2.68 bits per heavy atom. The van der Waals surface area contributed by atoms with Gasteiger partial charge in [0.1, 0.15) is 5.82 Å². The van der Waals surface area contributed by atoms with Gasteiger partial charge < -0.3 is 15.2 Å². The Hall–Kier alpha value is -2.79.